The van der Waals surface area contributed by atoms with Crippen LogP contribution >= 0.6 is 0 Å². The van der Waals surface area contributed by atoms with Gasteiger partial charge in [-0.2, -0.15) is 18.2 Å². The number of aromatic nitrogens is 4. The van der Waals surface area contributed by atoms with Crippen LogP contribution in [0.3, 0.4) is 0 Å². The van der Waals surface area contributed by atoms with Crippen LogP contribution in [-0.2, 0) is 0 Å². The molecule has 38 heavy (non-hydrogen) atoms. The minimum absolute atomic E-state index is 0.0834. The van der Waals surface area contributed by atoms with Gasteiger partial charge in [0.25, 0.3) is 5.91 Å². The molecule has 4 aromatic rings. The topological polar surface area (TPSA) is 98.8 Å². The fourth-order valence-electron chi connectivity index (χ4n) is 4.52. The summed E-state index contributed by atoms with van der Waals surface area (Å²) < 4.78 is 52.2. The van der Waals surface area contributed by atoms with E-state index in [4.69, 9.17) is 0 Å². The number of nitrogens with zero attached hydrogens (tertiary/aromatic N) is 4. The van der Waals surface area contributed by atoms with Gasteiger partial charge in [0.2, 0.25) is 5.95 Å². The molecule has 1 saturated heterocycles. The molecular formula is C26H25F4N7O. The Morgan fingerprint density at radius 1 is 1.13 bits per heavy atom. The molecule has 0 unspecified atom stereocenters. The van der Waals surface area contributed by atoms with Gasteiger partial charge in [-0.05, 0) is 57.1 Å². The summed E-state index contributed by atoms with van der Waals surface area (Å²) in [4.78, 5) is 30.7. The highest BCUT2D eigenvalue weighted by Crippen LogP contribution is 2.31. The molecule has 0 aliphatic carbocycles. The van der Waals surface area contributed by atoms with Gasteiger partial charge in [-0.25, -0.2) is 14.4 Å². The van der Waals surface area contributed by atoms with Crippen molar-refractivity contribution in [1.82, 2.24) is 30.2 Å². The first-order valence-corrected chi connectivity index (χ1v) is 12.1. The zero-order valence-corrected chi connectivity index (χ0v) is 20.4. The van der Waals surface area contributed by atoms with Gasteiger partial charge in [0, 0.05) is 40.5 Å². The van der Waals surface area contributed by atoms with Gasteiger partial charge in [0.15, 0.2) is 0 Å². The summed E-state index contributed by atoms with van der Waals surface area (Å²) in [5, 5.41) is 5.51. The van der Waals surface area contributed by atoms with Crippen LogP contribution in [0.5, 0.6) is 0 Å². The Balaban J connectivity index is 1.37. The summed E-state index contributed by atoms with van der Waals surface area (Å²) in [5.41, 5.74) is 2.34. The Morgan fingerprint density at radius 3 is 2.55 bits per heavy atom. The molecular weight excluding hydrogens is 502 g/mol. The van der Waals surface area contributed by atoms with Crippen molar-refractivity contribution in [2.75, 3.05) is 32.0 Å². The van der Waals surface area contributed by atoms with Crippen LogP contribution < -0.4 is 10.6 Å². The number of pyridine rings is 1. The minimum Gasteiger partial charge on any atom is -0.346 e. The molecule has 0 radical (unpaired) electrons. The number of H-pyrrole nitrogens is 1. The Hall–Kier alpha value is -4.06. The highest BCUT2D eigenvalue weighted by molar-refractivity contribution is 5.96. The zero-order valence-electron chi connectivity index (χ0n) is 20.4. The van der Waals surface area contributed by atoms with Gasteiger partial charge in [-0.3, -0.25) is 4.79 Å². The van der Waals surface area contributed by atoms with E-state index in [1.807, 2.05) is 5.32 Å². The van der Waals surface area contributed by atoms with Crippen molar-refractivity contribution in [2.24, 2.45) is 0 Å². The normalized spacial score (nSPS) is 15.1. The van der Waals surface area contributed by atoms with E-state index < -0.39 is 18.6 Å². The van der Waals surface area contributed by atoms with Crippen molar-refractivity contribution < 1.29 is 22.4 Å². The number of likely N-dealkylation sites (tertiary alicyclic amines) is 1. The second-order valence-corrected chi connectivity index (χ2v) is 9.30. The molecule has 4 heterocycles. The number of hydrogen-bond acceptors (Lipinski definition) is 6. The van der Waals surface area contributed by atoms with Gasteiger partial charge >= 0.3 is 6.18 Å². The van der Waals surface area contributed by atoms with E-state index in [0.29, 0.717) is 27.9 Å². The zero-order chi connectivity index (χ0) is 26.9. The second-order valence-electron chi connectivity index (χ2n) is 9.30. The predicted molar refractivity (Wildman–Crippen MR) is 135 cm³/mol. The number of fused-ring (bicyclic) bond motifs is 1. The molecule has 1 fully saturated rings. The summed E-state index contributed by atoms with van der Waals surface area (Å²) in [6.45, 7) is 0.415. The SMILES string of the molecule is CN1CCC(c2cnc(Nc3nc(-c4ccc(C(=O)NCC(F)(F)F)cc4)c4cc[nH]c4n3)cc2F)CC1. The van der Waals surface area contributed by atoms with Crippen molar-refractivity contribution in [1.29, 1.82) is 0 Å². The van der Waals surface area contributed by atoms with E-state index in [1.54, 1.807) is 30.6 Å². The van der Waals surface area contributed by atoms with Gasteiger partial charge in [0.1, 0.15) is 23.8 Å². The molecule has 198 valence electrons. The standard InChI is InChI=1S/C26H25F4N7O/c1-37-10-7-15(8-11-37)19-13-32-21(12-20(19)27)34-25-35-22(18-6-9-31-23(18)36-25)16-2-4-17(5-3-16)24(38)33-14-26(28,29)30/h2-6,9,12-13,15H,7-8,10-11,14H2,1H3,(H,33,38)(H2,31,32,34,35,36). The number of carbonyl (C=O) groups is 1. The number of hydrogen-bond donors (Lipinski definition) is 3. The molecule has 1 aliphatic heterocycles. The lowest BCUT2D eigenvalue weighted by atomic mass is 9.90. The first kappa shape index (κ1) is 25.6. The van der Waals surface area contributed by atoms with Gasteiger partial charge < -0.3 is 20.5 Å². The molecule has 5 rings (SSSR count). The first-order chi connectivity index (χ1) is 18.2. The Kier molecular flexibility index (Phi) is 6.98. The maximum absolute atomic E-state index is 15.0. The van der Waals surface area contributed by atoms with E-state index in [1.165, 1.54) is 18.2 Å². The van der Waals surface area contributed by atoms with Gasteiger partial charge in [-0.15, -0.1) is 0 Å². The van der Waals surface area contributed by atoms with Crippen LogP contribution in [0.4, 0.5) is 29.3 Å². The third-order valence-corrected chi connectivity index (χ3v) is 6.57. The summed E-state index contributed by atoms with van der Waals surface area (Å²) in [6, 6.07) is 9.15. The number of carbonyl (C=O) groups excluding carboxylic acids is 1. The predicted octanol–water partition coefficient (Wildman–Crippen LogP) is 5.00. The maximum Gasteiger partial charge on any atom is 0.405 e. The highest BCUT2D eigenvalue weighted by Gasteiger charge is 2.28. The van der Waals surface area contributed by atoms with Crippen LogP contribution in [0.15, 0.2) is 48.8 Å². The van der Waals surface area contributed by atoms with Crippen LogP contribution in [0.1, 0.15) is 34.7 Å². The summed E-state index contributed by atoms with van der Waals surface area (Å²) in [6.07, 6.45) is 0.510. The van der Waals surface area contributed by atoms with E-state index in [9.17, 15) is 22.4 Å². The molecule has 0 bridgehead atoms. The Bertz CT molecular complexity index is 1440. The third kappa shape index (κ3) is 5.75. The summed E-state index contributed by atoms with van der Waals surface area (Å²) >= 11 is 0. The van der Waals surface area contributed by atoms with Crippen molar-refractivity contribution in [2.45, 2.75) is 24.9 Å². The number of anilines is 2. The minimum atomic E-state index is -4.50. The van der Waals surface area contributed by atoms with E-state index in [0.717, 1.165) is 25.9 Å². The van der Waals surface area contributed by atoms with E-state index >= 15 is 0 Å². The fraction of sp³-hybridized carbons (Fsp3) is 0.308. The third-order valence-electron chi connectivity index (χ3n) is 6.57. The van der Waals surface area contributed by atoms with Gasteiger partial charge in [0.05, 0.1) is 5.69 Å². The lowest BCUT2D eigenvalue weighted by Gasteiger charge is -2.29. The largest absolute Gasteiger partial charge is 0.405 e. The van der Waals surface area contributed by atoms with Crippen molar-refractivity contribution in [3.8, 4) is 11.3 Å². The monoisotopic (exact) mass is 527 g/mol. The molecule has 12 heteroatoms. The smallest absolute Gasteiger partial charge is 0.346 e. The quantitative estimate of drug-likeness (QED) is 0.305. The molecule has 0 saturated carbocycles. The van der Waals surface area contributed by atoms with E-state index in [2.05, 4.69) is 37.2 Å². The summed E-state index contributed by atoms with van der Waals surface area (Å²) in [7, 11) is 2.05. The number of benzene rings is 1. The molecule has 3 N–H and O–H groups in total. The molecule has 8 nitrogen and oxygen atoms in total. The van der Waals surface area contributed by atoms with Crippen molar-refractivity contribution in [3.63, 3.8) is 0 Å². The second kappa shape index (κ2) is 10.4. The lowest BCUT2D eigenvalue weighted by Crippen LogP contribution is -2.33. The average molecular weight is 528 g/mol. The first-order valence-electron chi connectivity index (χ1n) is 12.1. The van der Waals surface area contributed by atoms with Crippen LogP contribution in [0.25, 0.3) is 22.3 Å². The van der Waals surface area contributed by atoms with E-state index in [-0.39, 0.29) is 29.1 Å². The summed E-state index contributed by atoms with van der Waals surface area (Å²) in [5.74, 6) is -0.599. The Labute approximate surface area is 215 Å². The van der Waals surface area contributed by atoms with Crippen LogP contribution in [0.2, 0.25) is 0 Å². The highest BCUT2D eigenvalue weighted by atomic mass is 19.4. The molecule has 0 atom stereocenters. The van der Waals surface area contributed by atoms with Crippen LogP contribution in [-0.4, -0.2) is 63.6 Å². The number of amides is 1. The number of rotatable bonds is 6. The molecule has 0 spiro atoms. The number of nitrogens with one attached hydrogen (secondary N) is 3. The number of piperidine rings is 1. The molecule has 1 amide bonds. The maximum atomic E-state index is 15.0. The Morgan fingerprint density at radius 2 is 1.87 bits per heavy atom. The lowest BCUT2D eigenvalue weighted by molar-refractivity contribution is -0.123. The fourth-order valence-corrected chi connectivity index (χ4v) is 4.52. The average Bonchev–Trinajstić information content (AvgIpc) is 3.36. The van der Waals surface area contributed by atoms with Crippen molar-refractivity contribution in [3.05, 3.63) is 65.7 Å². The van der Waals surface area contributed by atoms with Crippen molar-refractivity contribution >= 4 is 28.7 Å². The van der Waals surface area contributed by atoms with Gasteiger partial charge in [-0.1, -0.05) is 12.1 Å². The number of halogens is 4. The molecule has 3 aromatic heterocycles. The number of alkyl halides is 3. The molecule has 1 aliphatic rings. The van der Waals surface area contributed by atoms with Crippen LogP contribution in [0, 0.1) is 5.82 Å². The molecule has 1 aromatic carbocycles. The number of aromatic amines is 1.